The van der Waals surface area contributed by atoms with E-state index >= 15 is 0 Å². The van der Waals surface area contributed by atoms with E-state index in [1.807, 2.05) is 79.7 Å². The number of fused-ring (bicyclic) bond motifs is 2. The number of para-hydroxylation sites is 1. The van der Waals surface area contributed by atoms with Crippen LogP contribution in [-0.2, 0) is 24.3 Å². The number of phenolic OH excluding ortho intramolecular Hbond substituents is 1. The van der Waals surface area contributed by atoms with Crippen LogP contribution in [0, 0.1) is 0 Å². The molecular formula is C29H29N5O3. The lowest BCUT2D eigenvalue weighted by atomic mass is 9.97. The number of phenols is 1. The van der Waals surface area contributed by atoms with E-state index in [9.17, 15) is 14.7 Å². The molecule has 0 bridgehead atoms. The first-order valence-corrected chi connectivity index (χ1v) is 12.2. The molecule has 188 valence electrons. The number of nitrogens with zero attached hydrogens (tertiary/aromatic N) is 4. The first-order valence-electron chi connectivity index (χ1n) is 12.2. The fraction of sp³-hybridized carbons (Fsp3) is 0.241. The summed E-state index contributed by atoms with van der Waals surface area (Å²) in [5.74, 6) is 0.507. The molecule has 8 nitrogen and oxygen atoms in total. The van der Waals surface area contributed by atoms with Crippen molar-refractivity contribution in [3.8, 4) is 17.1 Å². The summed E-state index contributed by atoms with van der Waals surface area (Å²) < 4.78 is 0. The van der Waals surface area contributed by atoms with Gasteiger partial charge in [-0.1, -0.05) is 48.5 Å². The summed E-state index contributed by atoms with van der Waals surface area (Å²) in [5, 5.41) is 14.2. The SMILES string of the molecule is CC(=O)NCc1ccc(-c2nc(C(=O)N3CCc4c(ccc(N(C)C)c4O)C3)c3ccccc3n2)cc1. The molecule has 1 aromatic heterocycles. The molecule has 0 unspecified atom stereocenters. The van der Waals surface area contributed by atoms with Gasteiger partial charge >= 0.3 is 0 Å². The summed E-state index contributed by atoms with van der Waals surface area (Å²) >= 11 is 0. The number of amides is 2. The Hall–Kier alpha value is -4.46. The van der Waals surface area contributed by atoms with E-state index in [2.05, 4.69) is 5.32 Å². The zero-order valence-corrected chi connectivity index (χ0v) is 21.2. The van der Waals surface area contributed by atoms with Crippen molar-refractivity contribution in [2.45, 2.75) is 26.4 Å². The van der Waals surface area contributed by atoms with Crippen molar-refractivity contribution < 1.29 is 14.7 Å². The minimum absolute atomic E-state index is 0.0845. The highest BCUT2D eigenvalue weighted by Crippen LogP contribution is 2.36. The quantitative estimate of drug-likeness (QED) is 0.436. The molecule has 4 aromatic rings. The standard InChI is InChI=1S/C29H29N5O3/c1-18(35)30-16-19-8-10-20(11-9-19)28-31-24-7-5-4-6-23(24)26(32-28)29(37)34-15-14-22-21(17-34)12-13-25(27(22)36)33(2)3/h4-13,36H,14-17H2,1-3H3,(H,30,35). The Balaban J connectivity index is 1.47. The maximum absolute atomic E-state index is 13.8. The second kappa shape index (κ2) is 9.89. The van der Waals surface area contributed by atoms with Crippen LogP contribution >= 0.6 is 0 Å². The highest BCUT2D eigenvalue weighted by atomic mass is 16.3. The zero-order chi connectivity index (χ0) is 26.1. The summed E-state index contributed by atoms with van der Waals surface area (Å²) in [6.07, 6.45) is 0.570. The molecule has 0 saturated heterocycles. The van der Waals surface area contributed by atoms with E-state index in [0.29, 0.717) is 48.5 Å². The minimum atomic E-state index is -0.163. The van der Waals surface area contributed by atoms with Gasteiger partial charge < -0.3 is 20.2 Å². The fourth-order valence-corrected chi connectivity index (χ4v) is 4.68. The fourth-order valence-electron chi connectivity index (χ4n) is 4.68. The van der Waals surface area contributed by atoms with Gasteiger partial charge in [-0.2, -0.15) is 0 Å². The second-order valence-corrected chi connectivity index (χ2v) is 9.46. The molecule has 0 atom stereocenters. The maximum atomic E-state index is 13.8. The zero-order valence-electron chi connectivity index (χ0n) is 21.2. The number of aromatic hydroxyl groups is 1. The number of carbonyl (C=O) groups excluding carboxylic acids is 2. The lowest BCUT2D eigenvalue weighted by molar-refractivity contribution is -0.119. The van der Waals surface area contributed by atoms with Crippen molar-refractivity contribution in [2.24, 2.45) is 0 Å². The van der Waals surface area contributed by atoms with E-state index in [-0.39, 0.29) is 17.6 Å². The third kappa shape index (κ3) is 4.82. The topological polar surface area (TPSA) is 98.7 Å². The molecule has 1 aliphatic heterocycles. The molecular weight excluding hydrogens is 466 g/mol. The van der Waals surface area contributed by atoms with E-state index in [1.165, 1.54) is 6.92 Å². The van der Waals surface area contributed by atoms with Crippen molar-refractivity contribution in [3.05, 3.63) is 83.0 Å². The van der Waals surface area contributed by atoms with Crippen LogP contribution in [0.1, 0.15) is 34.1 Å². The van der Waals surface area contributed by atoms with Gasteiger partial charge in [-0.15, -0.1) is 0 Å². The Morgan fingerprint density at radius 3 is 2.51 bits per heavy atom. The molecule has 5 rings (SSSR count). The minimum Gasteiger partial charge on any atom is -0.505 e. The van der Waals surface area contributed by atoms with Crippen molar-refractivity contribution in [1.29, 1.82) is 0 Å². The van der Waals surface area contributed by atoms with Gasteiger partial charge in [0.15, 0.2) is 5.82 Å². The van der Waals surface area contributed by atoms with Crippen LogP contribution in [0.2, 0.25) is 0 Å². The van der Waals surface area contributed by atoms with E-state index < -0.39 is 0 Å². The Morgan fingerprint density at radius 2 is 1.78 bits per heavy atom. The van der Waals surface area contributed by atoms with Crippen molar-refractivity contribution >= 4 is 28.4 Å². The first kappa shape index (κ1) is 24.2. The van der Waals surface area contributed by atoms with Gasteiger partial charge in [0.1, 0.15) is 11.4 Å². The Kier molecular flexibility index (Phi) is 6.48. The number of hydrogen-bond acceptors (Lipinski definition) is 6. The second-order valence-electron chi connectivity index (χ2n) is 9.46. The summed E-state index contributed by atoms with van der Waals surface area (Å²) in [6, 6.07) is 19.0. The molecule has 2 heterocycles. The number of benzene rings is 3. The Labute approximate surface area is 215 Å². The van der Waals surface area contributed by atoms with Crippen LogP contribution in [-0.4, -0.2) is 52.4 Å². The molecule has 0 spiro atoms. The van der Waals surface area contributed by atoms with Crippen LogP contribution < -0.4 is 10.2 Å². The highest BCUT2D eigenvalue weighted by molar-refractivity contribution is 6.05. The average molecular weight is 496 g/mol. The molecule has 1 aliphatic rings. The van der Waals surface area contributed by atoms with Crippen LogP contribution in [0.15, 0.2) is 60.7 Å². The molecule has 37 heavy (non-hydrogen) atoms. The van der Waals surface area contributed by atoms with Crippen molar-refractivity contribution in [2.75, 3.05) is 25.5 Å². The van der Waals surface area contributed by atoms with E-state index in [4.69, 9.17) is 9.97 Å². The molecule has 0 fully saturated rings. The number of rotatable bonds is 5. The molecule has 0 aliphatic carbocycles. The lowest BCUT2D eigenvalue weighted by Gasteiger charge is -2.30. The first-order chi connectivity index (χ1) is 17.8. The molecule has 8 heteroatoms. The number of anilines is 1. The molecule has 0 saturated carbocycles. The summed E-state index contributed by atoms with van der Waals surface area (Å²) in [5.41, 5.74) is 5.41. The predicted molar refractivity (Wildman–Crippen MR) is 143 cm³/mol. The Bertz CT molecular complexity index is 1500. The predicted octanol–water partition coefficient (Wildman–Crippen LogP) is 3.90. The molecule has 0 radical (unpaired) electrons. The molecule has 2 amide bonds. The summed E-state index contributed by atoms with van der Waals surface area (Å²) in [7, 11) is 3.79. The summed E-state index contributed by atoms with van der Waals surface area (Å²) in [4.78, 5) is 38.1. The van der Waals surface area contributed by atoms with E-state index in [1.54, 1.807) is 4.90 Å². The number of aromatic nitrogens is 2. The van der Waals surface area contributed by atoms with Crippen molar-refractivity contribution in [3.63, 3.8) is 0 Å². The monoisotopic (exact) mass is 495 g/mol. The van der Waals surface area contributed by atoms with Gasteiger partial charge in [0.2, 0.25) is 5.91 Å². The Morgan fingerprint density at radius 1 is 1.03 bits per heavy atom. The van der Waals surface area contributed by atoms with Crippen LogP contribution in [0.5, 0.6) is 5.75 Å². The van der Waals surface area contributed by atoms with E-state index in [0.717, 1.165) is 27.9 Å². The summed E-state index contributed by atoms with van der Waals surface area (Å²) in [6.45, 7) is 2.82. The third-order valence-electron chi connectivity index (χ3n) is 6.68. The van der Waals surface area contributed by atoms with Crippen LogP contribution in [0.25, 0.3) is 22.3 Å². The van der Waals surface area contributed by atoms with Crippen molar-refractivity contribution in [1.82, 2.24) is 20.2 Å². The van der Waals surface area contributed by atoms with Gasteiger partial charge in [0, 0.05) is 57.2 Å². The number of hydrogen-bond donors (Lipinski definition) is 2. The van der Waals surface area contributed by atoms with Gasteiger partial charge in [-0.3, -0.25) is 9.59 Å². The lowest BCUT2D eigenvalue weighted by Crippen LogP contribution is -2.36. The largest absolute Gasteiger partial charge is 0.505 e. The maximum Gasteiger partial charge on any atom is 0.273 e. The third-order valence-corrected chi connectivity index (χ3v) is 6.68. The normalized spacial score (nSPS) is 12.8. The van der Waals surface area contributed by atoms with Gasteiger partial charge in [-0.05, 0) is 29.7 Å². The number of carbonyl (C=O) groups is 2. The smallest absolute Gasteiger partial charge is 0.273 e. The molecule has 2 N–H and O–H groups in total. The average Bonchev–Trinajstić information content (AvgIpc) is 2.91. The highest BCUT2D eigenvalue weighted by Gasteiger charge is 2.27. The van der Waals surface area contributed by atoms with Gasteiger partial charge in [0.25, 0.3) is 5.91 Å². The number of nitrogens with one attached hydrogen (secondary N) is 1. The van der Waals surface area contributed by atoms with Gasteiger partial charge in [0.05, 0.1) is 11.2 Å². The van der Waals surface area contributed by atoms with Crippen LogP contribution in [0.3, 0.4) is 0 Å². The van der Waals surface area contributed by atoms with Gasteiger partial charge in [-0.25, -0.2) is 9.97 Å². The molecule has 3 aromatic carbocycles. The van der Waals surface area contributed by atoms with Crippen LogP contribution in [0.4, 0.5) is 5.69 Å².